The van der Waals surface area contributed by atoms with E-state index in [4.69, 9.17) is 17.2 Å². The van der Waals surface area contributed by atoms with E-state index in [0.717, 1.165) is 30.4 Å². The Bertz CT molecular complexity index is 1090. The lowest BCUT2D eigenvalue weighted by molar-refractivity contribution is 0.321. The third kappa shape index (κ3) is 4.35. The van der Waals surface area contributed by atoms with Crippen LogP contribution in [0.5, 0.6) is 0 Å². The molecule has 0 spiro atoms. The Balaban J connectivity index is 1.88. The second-order valence-corrected chi connectivity index (χ2v) is 8.86. The first-order chi connectivity index (χ1) is 14.9. The highest BCUT2D eigenvalue weighted by Crippen LogP contribution is 2.40. The largest absolute Gasteiger partial charge is 0.318 e. The zero-order chi connectivity index (χ0) is 21.9. The average molecular weight is 412 g/mol. The van der Waals surface area contributed by atoms with Crippen molar-refractivity contribution in [1.82, 2.24) is 0 Å². The maximum Gasteiger partial charge on any atom is 0.0678 e. The fourth-order valence-electron chi connectivity index (χ4n) is 4.70. The molecule has 0 aliphatic carbocycles. The second-order valence-electron chi connectivity index (χ2n) is 8.86. The number of nitrogens with two attached hydrogens (primary N) is 3. The Labute approximate surface area is 185 Å². The van der Waals surface area contributed by atoms with Crippen LogP contribution in [-0.2, 0) is 5.54 Å². The van der Waals surface area contributed by atoms with Crippen molar-refractivity contribution in [2.45, 2.75) is 50.2 Å². The molecule has 0 aliphatic rings. The van der Waals surface area contributed by atoms with Gasteiger partial charge in [0, 0.05) is 0 Å². The summed E-state index contributed by atoms with van der Waals surface area (Å²) in [5, 5.41) is 4.72. The highest BCUT2D eigenvalue weighted by Gasteiger charge is 2.35. The predicted octanol–water partition coefficient (Wildman–Crippen LogP) is 5.78. The lowest BCUT2D eigenvalue weighted by Gasteiger charge is -2.36. The normalized spacial score (nSPS) is 12.5. The van der Waals surface area contributed by atoms with E-state index >= 15 is 0 Å². The van der Waals surface area contributed by atoms with Crippen LogP contribution < -0.4 is 17.2 Å². The fourth-order valence-corrected chi connectivity index (χ4v) is 4.70. The van der Waals surface area contributed by atoms with E-state index in [0.29, 0.717) is 12.8 Å². The molecule has 0 aliphatic heterocycles. The van der Waals surface area contributed by atoms with Gasteiger partial charge in [0.05, 0.1) is 11.2 Å². The number of unbranched alkanes of at least 4 members (excludes halogenated alkanes) is 1. The average Bonchev–Trinajstić information content (AvgIpc) is 2.80. The van der Waals surface area contributed by atoms with Gasteiger partial charge >= 0.3 is 0 Å². The van der Waals surface area contributed by atoms with Gasteiger partial charge in [0.2, 0.25) is 0 Å². The van der Waals surface area contributed by atoms with Gasteiger partial charge in [0.25, 0.3) is 0 Å². The summed E-state index contributed by atoms with van der Waals surface area (Å²) in [6.07, 6.45) is 4.22. The van der Waals surface area contributed by atoms with E-state index in [1.165, 1.54) is 21.5 Å². The molecule has 0 amide bonds. The molecule has 4 rings (SSSR count). The van der Waals surface area contributed by atoms with Crippen LogP contribution in [0.3, 0.4) is 0 Å². The van der Waals surface area contributed by atoms with Crippen molar-refractivity contribution in [2.24, 2.45) is 17.2 Å². The predicted molar refractivity (Wildman–Crippen MR) is 133 cm³/mol. The molecule has 6 N–H and O–H groups in total. The summed E-state index contributed by atoms with van der Waals surface area (Å²) < 4.78 is 0. The molecule has 3 heteroatoms. The highest BCUT2D eigenvalue weighted by molar-refractivity contribution is 5.91. The Morgan fingerprint density at radius 3 is 1.58 bits per heavy atom. The monoisotopic (exact) mass is 411 g/mol. The smallest absolute Gasteiger partial charge is 0.0678 e. The maximum absolute atomic E-state index is 7.40. The second kappa shape index (κ2) is 8.80. The fraction of sp³-hybridized carbons (Fsp3) is 0.286. The SMILES string of the molecule is CCCCC(N)(N)CCC(N)(c1cccc2ccccc12)c1cccc2ccccc12. The van der Waals surface area contributed by atoms with Gasteiger partial charge in [0.1, 0.15) is 0 Å². The van der Waals surface area contributed by atoms with Crippen molar-refractivity contribution < 1.29 is 0 Å². The molecule has 31 heavy (non-hydrogen) atoms. The minimum Gasteiger partial charge on any atom is -0.318 e. The Morgan fingerprint density at radius 1 is 0.581 bits per heavy atom. The molecule has 4 aromatic carbocycles. The summed E-state index contributed by atoms with van der Waals surface area (Å²) in [4.78, 5) is 0. The molecular weight excluding hydrogens is 378 g/mol. The lowest BCUT2D eigenvalue weighted by Crippen LogP contribution is -2.51. The van der Waals surface area contributed by atoms with Gasteiger partial charge in [-0.05, 0) is 51.9 Å². The summed E-state index contributed by atoms with van der Waals surface area (Å²) in [6.45, 7) is 2.16. The van der Waals surface area contributed by atoms with Crippen LogP contribution in [0.25, 0.3) is 21.5 Å². The summed E-state index contributed by atoms with van der Waals surface area (Å²) >= 11 is 0. The van der Waals surface area contributed by atoms with Crippen molar-refractivity contribution >= 4 is 21.5 Å². The maximum atomic E-state index is 7.40. The number of hydrogen-bond donors (Lipinski definition) is 3. The van der Waals surface area contributed by atoms with Gasteiger partial charge < -0.3 is 17.2 Å². The third-order valence-electron chi connectivity index (χ3n) is 6.52. The summed E-state index contributed by atoms with van der Waals surface area (Å²) in [7, 11) is 0. The standard InChI is InChI=1S/C28H33N3/c1-2-3-18-27(29,30)19-20-28(31,25-16-8-12-21-10-4-6-14-23(21)25)26-17-9-13-22-11-5-7-15-24(22)26/h4-17H,2-3,18-20,29-31H2,1H3. The van der Waals surface area contributed by atoms with E-state index in [9.17, 15) is 0 Å². The molecule has 4 aromatic rings. The summed E-state index contributed by atoms with van der Waals surface area (Å²) in [5.74, 6) is 0. The molecule has 0 radical (unpaired) electrons. The van der Waals surface area contributed by atoms with Crippen LogP contribution in [0.15, 0.2) is 84.9 Å². The zero-order valence-electron chi connectivity index (χ0n) is 18.4. The molecule has 0 aromatic heterocycles. The van der Waals surface area contributed by atoms with E-state index in [-0.39, 0.29) is 0 Å². The van der Waals surface area contributed by atoms with Crippen molar-refractivity contribution in [3.63, 3.8) is 0 Å². The molecule has 0 unspecified atom stereocenters. The quantitative estimate of drug-likeness (QED) is 0.322. The minimum atomic E-state index is -0.726. The first-order valence-corrected chi connectivity index (χ1v) is 11.3. The van der Waals surface area contributed by atoms with Crippen molar-refractivity contribution in [2.75, 3.05) is 0 Å². The molecule has 0 atom stereocenters. The van der Waals surface area contributed by atoms with Gasteiger partial charge in [-0.15, -0.1) is 0 Å². The molecule has 0 heterocycles. The van der Waals surface area contributed by atoms with Crippen LogP contribution in [-0.4, -0.2) is 5.66 Å². The number of benzene rings is 4. The van der Waals surface area contributed by atoms with Crippen LogP contribution in [0, 0.1) is 0 Å². The van der Waals surface area contributed by atoms with Crippen molar-refractivity contribution in [1.29, 1.82) is 0 Å². The molecule has 0 bridgehead atoms. The molecule has 0 saturated carbocycles. The molecule has 0 fully saturated rings. The third-order valence-corrected chi connectivity index (χ3v) is 6.52. The first kappa shape index (κ1) is 21.5. The molecular formula is C28H33N3. The zero-order valence-corrected chi connectivity index (χ0v) is 18.4. The Hall–Kier alpha value is -2.72. The number of fused-ring (bicyclic) bond motifs is 2. The van der Waals surface area contributed by atoms with Crippen molar-refractivity contribution in [3.8, 4) is 0 Å². The van der Waals surface area contributed by atoms with Gasteiger partial charge in [0.15, 0.2) is 0 Å². The van der Waals surface area contributed by atoms with Gasteiger partial charge in [-0.2, -0.15) is 0 Å². The van der Waals surface area contributed by atoms with Crippen LogP contribution in [0.4, 0.5) is 0 Å². The van der Waals surface area contributed by atoms with E-state index in [2.05, 4.69) is 91.9 Å². The van der Waals surface area contributed by atoms with Crippen LogP contribution in [0.2, 0.25) is 0 Å². The van der Waals surface area contributed by atoms with Gasteiger partial charge in [-0.25, -0.2) is 0 Å². The molecule has 0 saturated heterocycles. The Kier molecular flexibility index (Phi) is 6.10. The summed E-state index contributed by atoms with van der Waals surface area (Å²) in [6, 6.07) is 29.7. The van der Waals surface area contributed by atoms with Crippen molar-refractivity contribution in [3.05, 3.63) is 96.1 Å². The first-order valence-electron chi connectivity index (χ1n) is 11.3. The number of hydrogen-bond acceptors (Lipinski definition) is 3. The number of rotatable bonds is 8. The van der Waals surface area contributed by atoms with Crippen LogP contribution >= 0.6 is 0 Å². The highest BCUT2D eigenvalue weighted by atomic mass is 15.0. The minimum absolute atomic E-state index is 0.649. The van der Waals surface area contributed by atoms with E-state index in [1.807, 2.05) is 0 Å². The Morgan fingerprint density at radius 2 is 1.06 bits per heavy atom. The summed E-state index contributed by atoms with van der Waals surface area (Å²) in [5.41, 5.74) is 21.2. The topological polar surface area (TPSA) is 78.1 Å². The van der Waals surface area contributed by atoms with Crippen LogP contribution in [0.1, 0.15) is 50.2 Å². The molecule has 160 valence electrons. The van der Waals surface area contributed by atoms with Gasteiger partial charge in [-0.1, -0.05) is 105 Å². The lowest BCUT2D eigenvalue weighted by atomic mass is 9.75. The van der Waals surface area contributed by atoms with Gasteiger partial charge in [-0.3, -0.25) is 0 Å². The van der Waals surface area contributed by atoms with E-state index in [1.54, 1.807) is 0 Å². The van der Waals surface area contributed by atoms with E-state index < -0.39 is 11.2 Å². The molecule has 3 nitrogen and oxygen atoms in total.